The van der Waals surface area contributed by atoms with E-state index in [9.17, 15) is 27.9 Å². The van der Waals surface area contributed by atoms with Crippen molar-refractivity contribution in [3.05, 3.63) is 106 Å². The van der Waals surface area contributed by atoms with Gasteiger partial charge in [-0.05, 0) is 35.9 Å². The van der Waals surface area contributed by atoms with E-state index < -0.39 is 35.2 Å². The second-order valence-electron chi connectivity index (χ2n) is 7.13. The SMILES string of the molecule is O=C1C(=O)N(c2cccc(C(F)(F)F)c2)C(c2ccc(Br)cc2)/C1=C(/O)c1ccccc1. The monoisotopic (exact) mass is 501 g/mol. The molecule has 4 nitrogen and oxygen atoms in total. The molecule has 162 valence electrons. The molecule has 0 bridgehead atoms. The van der Waals surface area contributed by atoms with Gasteiger partial charge in [0.2, 0.25) is 0 Å². The molecule has 8 heteroatoms. The first-order valence-corrected chi connectivity index (χ1v) is 10.3. The van der Waals surface area contributed by atoms with Gasteiger partial charge in [-0.3, -0.25) is 14.5 Å². The number of aliphatic hydroxyl groups is 1. The van der Waals surface area contributed by atoms with Crippen LogP contribution in [0.1, 0.15) is 22.7 Å². The summed E-state index contributed by atoms with van der Waals surface area (Å²) in [5, 5.41) is 10.9. The zero-order valence-electron chi connectivity index (χ0n) is 16.3. The summed E-state index contributed by atoms with van der Waals surface area (Å²) in [5.74, 6) is -2.39. The van der Waals surface area contributed by atoms with E-state index in [1.54, 1.807) is 54.6 Å². The third-order valence-corrected chi connectivity index (χ3v) is 5.66. The van der Waals surface area contributed by atoms with Gasteiger partial charge in [-0.15, -0.1) is 0 Å². The minimum atomic E-state index is -4.62. The van der Waals surface area contributed by atoms with Crippen molar-refractivity contribution in [2.75, 3.05) is 4.90 Å². The van der Waals surface area contributed by atoms with Crippen LogP contribution in [0.3, 0.4) is 0 Å². The third-order valence-electron chi connectivity index (χ3n) is 5.13. The second-order valence-corrected chi connectivity index (χ2v) is 8.05. The Labute approximate surface area is 189 Å². The average molecular weight is 502 g/mol. The van der Waals surface area contributed by atoms with Crippen molar-refractivity contribution < 1.29 is 27.9 Å². The summed E-state index contributed by atoms with van der Waals surface area (Å²) < 4.78 is 40.6. The lowest BCUT2D eigenvalue weighted by Crippen LogP contribution is -2.29. The highest BCUT2D eigenvalue weighted by Gasteiger charge is 2.47. The van der Waals surface area contributed by atoms with E-state index in [1.165, 1.54) is 12.1 Å². The summed E-state index contributed by atoms with van der Waals surface area (Å²) in [6, 6.07) is 17.9. The molecular weight excluding hydrogens is 487 g/mol. The minimum Gasteiger partial charge on any atom is -0.507 e. The topological polar surface area (TPSA) is 57.6 Å². The number of alkyl halides is 3. The van der Waals surface area contributed by atoms with Gasteiger partial charge in [0.1, 0.15) is 5.76 Å². The fourth-order valence-electron chi connectivity index (χ4n) is 3.64. The largest absolute Gasteiger partial charge is 0.507 e. The van der Waals surface area contributed by atoms with Crippen molar-refractivity contribution in [3.63, 3.8) is 0 Å². The maximum absolute atomic E-state index is 13.3. The number of aliphatic hydroxyl groups excluding tert-OH is 1. The number of benzene rings is 3. The third kappa shape index (κ3) is 3.93. The minimum absolute atomic E-state index is 0.0954. The van der Waals surface area contributed by atoms with Gasteiger partial charge in [-0.25, -0.2) is 0 Å². The summed E-state index contributed by atoms with van der Waals surface area (Å²) in [6.07, 6.45) is -4.62. The number of hydrogen-bond donors (Lipinski definition) is 1. The number of ketones is 1. The summed E-state index contributed by atoms with van der Waals surface area (Å²) in [4.78, 5) is 27.0. The van der Waals surface area contributed by atoms with E-state index in [-0.39, 0.29) is 11.3 Å². The summed E-state index contributed by atoms with van der Waals surface area (Å²) in [6.45, 7) is 0. The molecule has 1 heterocycles. The van der Waals surface area contributed by atoms with Crippen molar-refractivity contribution >= 4 is 39.1 Å². The Bertz CT molecular complexity index is 1220. The molecule has 0 aromatic heterocycles. The lowest BCUT2D eigenvalue weighted by atomic mass is 9.95. The first kappa shape index (κ1) is 21.8. The zero-order valence-corrected chi connectivity index (χ0v) is 17.9. The first-order valence-electron chi connectivity index (χ1n) is 9.47. The first-order chi connectivity index (χ1) is 15.2. The maximum Gasteiger partial charge on any atom is 0.416 e. The van der Waals surface area contributed by atoms with E-state index >= 15 is 0 Å². The molecule has 32 heavy (non-hydrogen) atoms. The van der Waals surface area contributed by atoms with Gasteiger partial charge in [0.25, 0.3) is 11.7 Å². The summed E-state index contributed by atoms with van der Waals surface area (Å²) in [7, 11) is 0. The molecule has 0 aliphatic carbocycles. The van der Waals surface area contributed by atoms with Gasteiger partial charge >= 0.3 is 6.18 Å². The molecule has 0 radical (unpaired) electrons. The predicted octanol–water partition coefficient (Wildman–Crippen LogP) is 6.09. The lowest BCUT2D eigenvalue weighted by Gasteiger charge is -2.26. The van der Waals surface area contributed by atoms with Crippen LogP contribution >= 0.6 is 15.9 Å². The number of anilines is 1. The maximum atomic E-state index is 13.3. The fourth-order valence-corrected chi connectivity index (χ4v) is 3.91. The van der Waals surface area contributed by atoms with E-state index in [0.29, 0.717) is 11.1 Å². The zero-order chi connectivity index (χ0) is 23.0. The van der Waals surface area contributed by atoms with Gasteiger partial charge < -0.3 is 5.11 Å². The van der Waals surface area contributed by atoms with Crippen LogP contribution in [0.15, 0.2) is 88.9 Å². The molecule has 1 aliphatic rings. The molecule has 1 saturated heterocycles. The van der Waals surface area contributed by atoms with E-state index in [4.69, 9.17) is 0 Å². The van der Waals surface area contributed by atoms with E-state index in [1.807, 2.05) is 0 Å². The van der Waals surface area contributed by atoms with Crippen LogP contribution in [0.2, 0.25) is 0 Å². The van der Waals surface area contributed by atoms with Gasteiger partial charge in [-0.1, -0.05) is 64.5 Å². The Kier molecular flexibility index (Phi) is 5.64. The molecule has 1 unspecified atom stereocenters. The van der Waals surface area contributed by atoms with E-state index in [0.717, 1.165) is 21.5 Å². The van der Waals surface area contributed by atoms with Gasteiger partial charge in [0.05, 0.1) is 17.2 Å². The van der Waals surface area contributed by atoms with Gasteiger partial charge in [0.15, 0.2) is 0 Å². The number of hydrogen-bond acceptors (Lipinski definition) is 3. The summed E-state index contributed by atoms with van der Waals surface area (Å²) in [5.41, 5.74) is -0.462. The molecule has 1 aliphatic heterocycles. The predicted molar refractivity (Wildman–Crippen MR) is 117 cm³/mol. The number of nitrogens with zero attached hydrogens (tertiary/aromatic N) is 1. The molecule has 1 amide bonds. The van der Waals surface area contributed by atoms with Gasteiger partial charge in [-0.2, -0.15) is 13.2 Å². The standard InChI is InChI=1S/C24H15BrF3NO3/c25-17-11-9-14(10-12-17)20-19(21(30)15-5-2-1-3-6-15)22(31)23(32)29(20)18-8-4-7-16(13-18)24(26,27)28/h1-13,20,30H/b21-19-. The number of rotatable bonds is 3. The van der Waals surface area contributed by atoms with Crippen LogP contribution in [0.4, 0.5) is 18.9 Å². The van der Waals surface area contributed by atoms with Crippen LogP contribution in [0.25, 0.3) is 5.76 Å². The Hall–Kier alpha value is -3.39. The second kappa shape index (κ2) is 8.27. The molecule has 1 fully saturated rings. The number of halogens is 4. The van der Waals surface area contributed by atoms with Crippen molar-refractivity contribution in [1.29, 1.82) is 0 Å². The fraction of sp³-hybridized carbons (Fsp3) is 0.0833. The highest BCUT2D eigenvalue weighted by molar-refractivity contribution is 9.10. The number of Topliss-reactive ketones (excluding diaryl/α,β-unsaturated/α-hetero) is 1. The number of amides is 1. The Morgan fingerprint density at radius 2 is 1.56 bits per heavy atom. The highest BCUT2D eigenvalue weighted by Crippen LogP contribution is 2.43. The molecule has 3 aromatic rings. The Morgan fingerprint density at radius 3 is 2.19 bits per heavy atom. The Balaban J connectivity index is 1.94. The smallest absolute Gasteiger partial charge is 0.416 e. The van der Waals surface area contributed by atoms with Crippen LogP contribution in [0.5, 0.6) is 0 Å². The van der Waals surface area contributed by atoms with Crippen molar-refractivity contribution in [2.24, 2.45) is 0 Å². The van der Waals surface area contributed by atoms with Crippen LogP contribution < -0.4 is 4.90 Å². The van der Waals surface area contributed by atoms with Crippen LogP contribution in [0, 0.1) is 0 Å². The van der Waals surface area contributed by atoms with Crippen molar-refractivity contribution in [2.45, 2.75) is 12.2 Å². The van der Waals surface area contributed by atoms with Gasteiger partial charge in [0, 0.05) is 15.7 Å². The molecule has 0 spiro atoms. The molecule has 3 aromatic carbocycles. The lowest BCUT2D eigenvalue weighted by molar-refractivity contribution is -0.137. The average Bonchev–Trinajstić information content (AvgIpc) is 3.04. The van der Waals surface area contributed by atoms with Crippen LogP contribution in [-0.4, -0.2) is 16.8 Å². The normalized spacial score (nSPS) is 18.2. The van der Waals surface area contributed by atoms with Crippen LogP contribution in [-0.2, 0) is 15.8 Å². The number of carbonyl (C=O) groups excluding carboxylic acids is 2. The van der Waals surface area contributed by atoms with E-state index in [2.05, 4.69) is 15.9 Å². The number of carbonyl (C=O) groups is 2. The molecular formula is C24H15BrF3NO3. The summed E-state index contributed by atoms with van der Waals surface area (Å²) >= 11 is 3.32. The molecule has 0 saturated carbocycles. The molecule has 4 rings (SSSR count). The molecule has 1 atom stereocenters. The molecule has 1 N–H and O–H groups in total. The van der Waals surface area contributed by atoms with Crippen molar-refractivity contribution in [1.82, 2.24) is 0 Å². The van der Waals surface area contributed by atoms with Crippen molar-refractivity contribution in [3.8, 4) is 0 Å². The highest BCUT2D eigenvalue weighted by atomic mass is 79.9. The quantitative estimate of drug-likeness (QED) is 0.268. The Morgan fingerprint density at radius 1 is 0.906 bits per heavy atom.